The molecular formula is C18H22FN3O3S2. The minimum absolute atomic E-state index is 0.0572. The third kappa shape index (κ3) is 3.68. The highest BCUT2D eigenvalue weighted by molar-refractivity contribution is 7.92. The van der Waals surface area contributed by atoms with Gasteiger partial charge in [-0.25, -0.2) is 17.8 Å². The summed E-state index contributed by atoms with van der Waals surface area (Å²) in [5.41, 5.74) is 2.24. The van der Waals surface area contributed by atoms with E-state index in [4.69, 9.17) is 4.74 Å². The quantitative estimate of drug-likeness (QED) is 0.829. The van der Waals surface area contributed by atoms with Crippen molar-refractivity contribution >= 4 is 27.2 Å². The van der Waals surface area contributed by atoms with Gasteiger partial charge in [-0.05, 0) is 32.4 Å². The van der Waals surface area contributed by atoms with Crippen LogP contribution in [0.5, 0.6) is 5.75 Å². The summed E-state index contributed by atoms with van der Waals surface area (Å²) in [7, 11) is -4.07. The van der Waals surface area contributed by atoms with Crippen LogP contribution in [0.4, 0.5) is 10.2 Å². The van der Waals surface area contributed by atoms with E-state index in [2.05, 4.69) is 21.5 Å². The van der Waals surface area contributed by atoms with Gasteiger partial charge in [-0.2, -0.15) is 0 Å². The Hall–Kier alpha value is -1.71. The molecule has 0 aliphatic carbocycles. The number of rotatable bonds is 4. The van der Waals surface area contributed by atoms with E-state index >= 15 is 0 Å². The van der Waals surface area contributed by atoms with Gasteiger partial charge in [-0.3, -0.25) is 9.62 Å². The molecule has 1 aromatic carbocycles. The molecule has 9 heteroatoms. The van der Waals surface area contributed by atoms with E-state index in [-0.39, 0.29) is 11.9 Å². The summed E-state index contributed by atoms with van der Waals surface area (Å²) in [6, 6.07) is 3.12. The largest absolute Gasteiger partial charge is 0.493 e. The molecule has 6 nitrogen and oxygen atoms in total. The van der Waals surface area contributed by atoms with Crippen LogP contribution in [0.15, 0.2) is 27.9 Å². The van der Waals surface area contributed by atoms with Gasteiger partial charge in [-0.15, -0.1) is 11.3 Å². The first-order chi connectivity index (χ1) is 13.0. The predicted molar refractivity (Wildman–Crippen MR) is 102 cm³/mol. The molecule has 0 radical (unpaired) electrons. The number of likely N-dealkylation sites (tertiary alicyclic amines) is 1. The summed E-state index contributed by atoms with van der Waals surface area (Å²) < 4.78 is 48.0. The van der Waals surface area contributed by atoms with Gasteiger partial charge in [0.2, 0.25) is 0 Å². The maximum atomic E-state index is 14.8. The Morgan fingerprint density at radius 1 is 1.33 bits per heavy atom. The molecule has 0 saturated carbocycles. The summed E-state index contributed by atoms with van der Waals surface area (Å²) in [6.45, 7) is 3.66. The highest BCUT2D eigenvalue weighted by Gasteiger charge is 2.33. The van der Waals surface area contributed by atoms with Gasteiger partial charge in [0.1, 0.15) is 16.5 Å². The molecule has 2 aliphatic heterocycles. The molecule has 1 N–H and O–H groups in total. The van der Waals surface area contributed by atoms with Crippen LogP contribution in [0.3, 0.4) is 0 Å². The van der Waals surface area contributed by atoms with Gasteiger partial charge in [0.15, 0.2) is 5.82 Å². The van der Waals surface area contributed by atoms with Gasteiger partial charge >= 0.3 is 0 Å². The minimum atomic E-state index is -4.07. The van der Waals surface area contributed by atoms with Crippen molar-refractivity contribution in [2.24, 2.45) is 0 Å². The van der Waals surface area contributed by atoms with Crippen molar-refractivity contribution in [2.45, 2.75) is 49.6 Å². The normalized spacial score (nSPS) is 23.5. The van der Waals surface area contributed by atoms with E-state index in [1.54, 1.807) is 5.38 Å². The zero-order chi connectivity index (χ0) is 19.0. The molecule has 2 aliphatic rings. The first kappa shape index (κ1) is 18.6. The van der Waals surface area contributed by atoms with Crippen LogP contribution in [-0.2, 0) is 10.0 Å². The monoisotopic (exact) mass is 411 g/mol. The molecule has 0 spiro atoms. The molecule has 27 heavy (non-hydrogen) atoms. The van der Waals surface area contributed by atoms with Crippen LogP contribution in [0.1, 0.15) is 44.2 Å². The van der Waals surface area contributed by atoms with Crippen molar-refractivity contribution in [1.29, 1.82) is 0 Å². The number of aromatic nitrogens is 1. The van der Waals surface area contributed by atoms with Crippen molar-refractivity contribution in [2.75, 3.05) is 17.9 Å². The minimum Gasteiger partial charge on any atom is -0.493 e. The Balaban J connectivity index is 1.68. The number of hydrogen-bond donors (Lipinski definition) is 1. The number of halogens is 1. The maximum absolute atomic E-state index is 14.8. The van der Waals surface area contributed by atoms with Crippen molar-refractivity contribution in [1.82, 2.24) is 9.88 Å². The molecule has 0 unspecified atom stereocenters. The molecule has 146 valence electrons. The standard InChI is InChI=1S/C18H22FN3O3S2/c1-12-4-2-3-6-22(12)15-5-7-25-16-9-17(14(19)8-13(15)16)27(23,24)21-18-10-26-11-20-18/h8-12,15,21H,2-7H2,1H3/t12-,15+/m1/s1. The van der Waals surface area contributed by atoms with E-state index < -0.39 is 20.7 Å². The Labute approximate surface area is 162 Å². The SMILES string of the molecule is C[C@@H]1CCCCN1[C@H]1CCOc2cc(S(=O)(=O)Nc3cscn3)c(F)cc21. The number of fused-ring (bicyclic) bond motifs is 1. The second-order valence-corrected chi connectivity index (χ2v) is 9.40. The van der Waals surface area contributed by atoms with Crippen LogP contribution < -0.4 is 9.46 Å². The summed E-state index contributed by atoms with van der Waals surface area (Å²) in [5, 5.41) is 1.55. The van der Waals surface area contributed by atoms with Crippen LogP contribution in [0, 0.1) is 5.82 Å². The molecule has 1 fully saturated rings. The lowest BCUT2D eigenvalue weighted by atomic mass is 9.93. The number of anilines is 1. The zero-order valence-electron chi connectivity index (χ0n) is 15.0. The van der Waals surface area contributed by atoms with Crippen molar-refractivity contribution in [3.63, 3.8) is 0 Å². The molecule has 4 rings (SSSR count). The molecule has 0 bridgehead atoms. The van der Waals surface area contributed by atoms with Crippen LogP contribution in [0.25, 0.3) is 0 Å². The van der Waals surface area contributed by atoms with Gasteiger partial charge in [0.25, 0.3) is 10.0 Å². The van der Waals surface area contributed by atoms with Crippen molar-refractivity contribution in [3.05, 3.63) is 34.4 Å². The molecule has 2 aromatic rings. The van der Waals surface area contributed by atoms with E-state index in [9.17, 15) is 12.8 Å². The third-order valence-electron chi connectivity index (χ3n) is 5.29. The van der Waals surface area contributed by atoms with Crippen molar-refractivity contribution in [3.8, 4) is 5.75 Å². The van der Waals surface area contributed by atoms with Gasteiger partial charge < -0.3 is 4.74 Å². The zero-order valence-corrected chi connectivity index (χ0v) is 16.7. The fourth-order valence-electron chi connectivity index (χ4n) is 3.96. The van der Waals surface area contributed by atoms with Crippen LogP contribution >= 0.6 is 11.3 Å². The fourth-order valence-corrected chi connectivity index (χ4v) is 5.59. The predicted octanol–water partition coefficient (Wildman–Crippen LogP) is 3.78. The van der Waals surface area contributed by atoms with E-state index in [1.807, 2.05) is 0 Å². The summed E-state index contributed by atoms with van der Waals surface area (Å²) in [4.78, 5) is 5.87. The number of benzene rings is 1. The lowest BCUT2D eigenvalue weighted by Crippen LogP contribution is -2.42. The molecule has 2 atom stereocenters. The third-order valence-corrected chi connectivity index (χ3v) is 7.24. The molecule has 1 saturated heterocycles. The lowest BCUT2D eigenvalue weighted by Gasteiger charge is -2.42. The Morgan fingerprint density at radius 2 is 2.19 bits per heavy atom. The number of nitrogens with zero attached hydrogens (tertiary/aromatic N) is 2. The molecule has 1 aromatic heterocycles. The van der Waals surface area contributed by atoms with Gasteiger partial charge in [-0.1, -0.05) is 6.42 Å². The van der Waals surface area contributed by atoms with Gasteiger partial charge in [0.05, 0.1) is 12.1 Å². The first-order valence-electron chi connectivity index (χ1n) is 9.09. The average Bonchev–Trinajstić information content (AvgIpc) is 3.13. The second kappa shape index (κ2) is 7.37. The fraction of sp³-hybridized carbons (Fsp3) is 0.500. The lowest BCUT2D eigenvalue weighted by molar-refractivity contribution is 0.0756. The summed E-state index contributed by atoms with van der Waals surface area (Å²) in [5.74, 6) is -0.140. The van der Waals surface area contributed by atoms with Crippen molar-refractivity contribution < 1.29 is 17.5 Å². The van der Waals surface area contributed by atoms with E-state index in [0.717, 1.165) is 31.4 Å². The Bertz CT molecular complexity index is 918. The molecule has 3 heterocycles. The average molecular weight is 412 g/mol. The molecule has 0 amide bonds. The van der Waals surface area contributed by atoms with Crippen LogP contribution in [0.2, 0.25) is 0 Å². The number of sulfonamides is 1. The Kier molecular flexibility index (Phi) is 5.09. The summed E-state index contributed by atoms with van der Waals surface area (Å²) in [6.07, 6.45) is 4.24. The smallest absolute Gasteiger partial charge is 0.266 e. The number of nitrogens with one attached hydrogen (secondary N) is 1. The number of ether oxygens (including phenoxy) is 1. The Morgan fingerprint density at radius 3 is 2.93 bits per heavy atom. The van der Waals surface area contributed by atoms with E-state index in [1.165, 1.54) is 35.4 Å². The van der Waals surface area contributed by atoms with Gasteiger partial charge in [0, 0.05) is 35.5 Å². The second-order valence-electron chi connectivity index (χ2n) is 7.04. The number of piperidine rings is 1. The number of thiazole rings is 1. The molecular weight excluding hydrogens is 389 g/mol. The highest BCUT2D eigenvalue weighted by Crippen LogP contribution is 2.41. The number of hydrogen-bond acceptors (Lipinski definition) is 6. The first-order valence-corrected chi connectivity index (χ1v) is 11.5. The maximum Gasteiger partial charge on any atom is 0.266 e. The van der Waals surface area contributed by atoms with E-state index in [0.29, 0.717) is 18.4 Å². The van der Waals surface area contributed by atoms with Crippen LogP contribution in [-0.4, -0.2) is 37.5 Å². The summed E-state index contributed by atoms with van der Waals surface area (Å²) >= 11 is 1.26. The topological polar surface area (TPSA) is 71.5 Å². The highest BCUT2D eigenvalue weighted by atomic mass is 32.2.